The van der Waals surface area contributed by atoms with E-state index in [-0.39, 0.29) is 11.6 Å². The molecule has 37 heavy (non-hydrogen) atoms. The van der Waals surface area contributed by atoms with Crippen LogP contribution in [0.4, 0.5) is 0 Å². The van der Waals surface area contributed by atoms with Crippen molar-refractivity contribution in [2.75, 3.05) is 0 Å². The number of benzene rings is 2. The van der Waals surface area contributed by atoms with Crippen molar-refractivity contribution in [1.29, 1.82) is 0 Å². The SMILES string of the molecule is O=c1/c(=C\c2ccc(-c3cccc(Cl)c3Cl)o2)sc2n1[C@@H](c1cccs1)C1=C(N=2)c2ccccc2CC1. The van der Waals surface area contributed by atoms with Crippen LogP contribution in [0.3, 0.4) is 0 Å². The highest BCUT2D eigenvalue weighted by Crippen LogP contribution is 2.42. The van der Waals surface area contributed by atoms with Crippen LogP contribution in [-0.4, -0.2) is 4.57 Å². The van der Waals surface area contributed by atoms with Gasteiger partial charge in [0.2, 0.25) is 0 Å². The van der Waals surface area contributed by atoms with Crippen LogP contribution in [0.1, 0.15) is 34.2 Å². The smallest absolute Gasteiger partial charge is 0.271 e. The first-order valence-corrected chi connectivity index (χ1v) is 14.2. The number of thiazole rings is 1. The minimum Gasteiger partial charge on any atom is -0.457 e. The van der Waals surface area contributed by atoms with Crippen molar-refractivity contribution in [1.82, 2.24) is 4.57 Å². The Hall–Kier alpha value is -3.16. The fourth-order valence-corrected chi connectivity index (χ4v) is 7.34. The van der Waals surface area contributed by atoms with E-state index in [0.717, 1.165) is 29.0 Å². The molecule has 2 aliphatic rings. The van der Waals surface area contributed by atoms with Gasteiger partial charge >= 0.3 is 0 Å². The molecule has 7 rings (SSSR count). The first-order chi connectivity index (χ1) is 18.1. The van der Waals surface area contributed by atoms with E-state index in [9.17, 15) is 4.79 Å². The van der Waals surface area contributed by atoms with E-state index >= 15 is 0 Å². The van der Waals surface area contributed by atoms with Gasteiger partial charge in [0.05, 0.1) is 26.3 Å². The molecule has 5 aromatic rings. The predicted molar refractivity (Wildman–Crippen MR) is 151 cm³/mol. The second-order valence-electron chi connectivity index (χ2n) is 8.93. The topological polar surface area (TPSA) is 47.5 Å². The van der Waals surface area contributed by atoms with Crippen LogP contribution in [-0.2, 0) is 6.42 Å². The summed E-state index contributed by atoms with van der Waals surface area (Å²) in [6.45, 7) is 0. The summed E-state index contributed by atoms with van der Waals surface area (Å²) in [5.41, 5.74) is 5.32. The number of aromatic nitrogens is 1. The molecule has 1 aliphatic carbocycles. The van der Waals surface area contributed by atoms with Crippen molar-refractivity contribution >= 4 is 57.6 Å². The van der Waals surface area contributed by atoms with Crippen LogP contribution in [0.2, 0.25) is 10.0 Å². The van der Waals surface area contributed by atoms with Gasteiger partial charge in [-0.1, -0.05) is 70.9 Å². The Balaban J connectivity index is 1.39. The third kappa shape index (κ3) is 3.79. The van der Waals surface area contributed by atoms with Crippen LogP contribution in [0.15, 0.2) is 91.9 Å². The van der Waals surface area contributed by atoms with Crippen molar-refractivity contribution in [3.8, 4) is 11.3 Å². The average molecular weight is 562 g/mol. The minimum absolute atomic E-state index is 0.0636. The van der Waals surface area contributed by atoms with Crippen molar-refractivity contribution in [3.05, 3.63) is 129 Å². The van der Waals surface area contributed by atoms with E-state index in [4.69, 9.17) is 32.6 Å². The molecule has 0 unspecified atom stereocenters. The fraction of sp³-hybridized carbons (Fsp3) is 0.103. The second-order valence-corrected chi connectivity index (χ2v) is 11.7. The zero-order valence-corrected chi connectivity index (χ0v) is 22.4. The maximum atomic E-state index is 13.8. The Kier molecular flexibility index (Phi) is 5.59. The molecule has 3 aromatic heterocycles. The molecule has 0 spiro atoms. The molecular formula is C29H18Cl2N2O2S2. The average Bonchev–Trinajstić information content (AvgIpc) is 3.67. The lowest BCUT2D eigenvalue weighted by atomic mass is 9.85. The molecule has 0 bridgehead atoms. The molecule has 4 nitrogen and oxygen atoms in total. The molecular weight excluding hydrogens is 543 g/mol. The van der Waals surface area contributed by atoms with Gasteiger partial charge in [0.15, 0.2) is 4.80 Å². The summed E-state index contributed by atoms with van der Waals surface area (Å²) in [6, 6.07) is 21.5. The van der Waals surface area contributed by atoms with Gasteiger partial charge in [-0.2, -0.15) is 0 Å². The molecule has 0 saturated heterocycles. The van der Waals surface area contributed by atoms with Crippen molar-refractivity contribution in [2.24, 2.45) is 4.99 Å². The van der Waals surface area contributed by atoms with Crippen LogP contribution >= 0.6 is 45.9 Å². The second kappa shape index (κ2) is 8.99. The number of hydrogen-bond donors (Lipinski definition) is 0. The Morgan fingerprint density at radius 3 is 2.70 bits per heavy atom. The Bertz CT molecular complexity index is 1890. The Labute approximate surface area is 230 Å². The van der Waals surface area contributed by atoms with Gasteiger partial charge in [0.1, 0.15) is 11.5 Å². The van der Waals surface area contributed by atoms with Gasteiger partial charge in [-0.25, -0.2) is 4.99 Å². The third-order valence-electron chi connectivity index (χ3n) is 6.80. The number of halogens is 2. The Morgan fingerprint density at radius 2 is 1.84 bits per heavy atom. The molecule has 8 heteroatoms. The molecule has 1 atom stereocenters. The summed E-state index contributed by atoms with van der Waals surface area (Å²) in [6.07, 6.45) is 3.61. The van der Waals surface area contributed by atoms with E-state index in [0.29, 0.717) is 36.5 Å². The van der Waals surface area contributed by atoms with Gasteiger partial charge < -0.3 is 4.42 Å². The van der Waals surface area contributed by atoms with E-state index in [1.807, 2.05) is 34.9 Å². The van der Waals surface area contributed by atoms with Crippen LogP contribution < -0.4 is 14.9 Å². The first kappa shape index (κ1) is 23.0. The molecule has 0 radical (unpaired) electrons. The number of allylic oxidation sites excluding steroid dienone is 1. The van der Waals surface area contributed by atoms with Crippen molar-refractivity contribution < 1.29 is 4.42 Å². The summed E-state index contributed by atoms with van der Waals surface area (Å²) in [7, 11) is 0. The summed E-state index contributed by atoms with van der Waals surface area (Å²) < 4.78 is 8.49. The lowest BCUT2D eigenvalue weighted by Gasteiger charge is -2.30. The lowest BCUT2D eigenvalue weighted by molar-refractivity contribution is 0.571. The van der Waals surface area contributed by atoms with Gasteiger partial charge in [-0.05, 0) is 59.7 Å². The van der Waals surface area contributed by atoms with Gasteiger partial charge in [0.25, 0.3) is 5.56 Å². The molecule has 0 amide bonds. The van der Waals surface area contributed by atoms with Crippen LogP contribution in [0.5, 0.6) is 0 Å². The summed E-state index contributed by atoms with van der Waals surface area (Å²) in [4.78, 5) is 20.7. The molecule has 4 heterocycles. The first-order valence-electron chi connectivity index (χ1n) is 11.8. The van der Waals surface area contributed by atoms with E-state index in [1.165, 1.54) is 22.5 Å². The zero-order chi connectivity index (χ0) is 25.1. The van der Waals surface area contributed by atoms with Crippen molar-refractivity contribution in [2.45, 2.75) is 18.9 Å². The number of fused-ring (bicyclic) bond motifs is 3. The molecule has 182 valence electrons. The zero-order valence-electron chi connectivity index (χ0n) is 19.3. The number of furan rings is 1. The molecule has 1 aliphatic heterocycles. The summed E-state index contributed by atoms with van der Waals surface area (Å²) >= 11 is 15.6. The monoisotopic (exact) mass is 560 g/mol. The highest BCUT2D eigenvalue weighted by atomic mass is 35.5. The summed E-state index contributed by atoms with van der Waals surface area (Å²) in [5.74, 6) is 1.16. The van der Waals surface area contributed by atoms with Crippen LogP contribution in [0, 0.1) is 0 Å². The van der Waals surface area contributed by atoms with Crippen LogP contribution in [0.25, 0.3) is 23.1 Å². The number of aryl methyl sites for hydroxylation is 1. The van der Waals surface area contributed by atoms with Crippen molar-refractivity contribution in [3.63, 3.8) is 0 Å². The maximum absolute atomic E-state index is 13.8. The van der Waals surface area contributed by atoms with E-state index < -0.39 is 0 Å². The number of thiophene rings is 1. The number of hydrogen-bond acceptors (Lipinski definition) is 5. The number of rotatable bonds is 3. The Morgan fingerprint density at radius 1 is 0.973 bits per heavy atom. The molecule has 0 saturated carbocycles. The maximum Gasteiger partial charge on any atom is 0.271 e. The quantitative estimate of drug-likeness (QED) is 0.240. The minimum atomic E-state index is -0.154. The highest BCUT2D eigenvalue weighted by Gasteiger charge is 2.33. The summed E-state index contributed by atoms with van der Waals surface area (Å²) in [5, 5.41) is 2.96. The highest BCUT2D eigenvalue weighted by molar-refractivity contribution is 7.10. The van der Waals surface area contributed by atoms with E-state index in [1.54, 1.807) is 23.5 Å². The molecule has 0 fully saturated rings. The molecule has 2 aromatic carbocycles. The lowest BCUT2D eigenvalue weighted by Crippen LogP contribution is -2.38. The normalized spacial score (nSPS) is 16.8. The standard InChI is InChI=1S/C29H18Cl2N2O2S2/c30-21-8-3-7-19(25(21)31)22-13-11-17(35-22)15-24-28(34)33-27(23-9-4-14-36-23)20-12-10-16-5-1-2-6-18(16)26(20)32-29(33)37-24/h1-9,11,13-15,27H,10,12H2/b24-15+/t27-/m1/s1. The number of nitrogens with zero attached hydrogens (tertiary/aromatic N) is 2. The largest absolute Gasteiger partial charge is 0.457 e. The molecule has 0 N–H and O–H groups in total. The fourth-order valence-electron chi connectivity index (χ4n) is 5.12. The van der Waals surface area contributed by atoms with E-state index in [2.05, 4.69) is 35.7 Å². The van der Waals surface area contributed by atoms with Gasteiger partial charge in [-0.3, -0.25) is 9.36 Å². The van der Waals surface area contributed by atoms with Gasteiger partial charge in [0, 0.05) is 22.1 Å². The van der Waals surface area contributed by atoms with Gasteiger partial charge in [-0.15, -0.1) is 11.3 Å². The third-order valence-corrected chi connectivity index (χ3v) is 9.53. The predicted octanol–water partition coefficient (Wildman–Crippen LogP) is 6.95.